The minimum Gasteiger partial charge on any atom is -0.466 e. The smallest absolute Gasteiger partial charge is 0.305 e. The molecule has 4 nitrogen and oxygen atoms in total. The van der Waals surface area contributed by atoms with Gasteiger partial charge in [0.1, 0.15) is 0 Å². The first-order valence-corrected chi connectivity index (χ1v) is 8.97. The fraction of sp³-hybridized carbons (Fsp3) is 0.600. The summed E-state index contributed by atoms with van der Waals surface area (Å²) in [6.07, 6.45) is 4.31. The number of unbranched alkanes of at least 4 members (excludes halogenated alkanes) is 3. The Bertz CT molecular complexity index is 607. The summed E-state index contributed by atoms with van der Waals surface area (Å²) in [6.45, 7) is 9.13. The van der Waals surface area contributed by atoms with Gasteiger partial charge in [-0.05, 0) is 57.7 Å². The second-order valence-corrected chi connectivity index (χ2v) is 7.02. The first-order valence-electron chi connectivity index (χ1n) is 8.97. The summed E-state index contributed by atoms with van der Waals surface area (Å²) in [4.78, 5) is 26.0. The van der Waals surface area contributed by atoms with Crippen LogP contribution >= 0.6 is 0 Å². The van der Waals surface area contributed by atoms with Crippen LogP contribution < -0.4 is 4.90 Å². The van der Waals surface area contributed by atoms with Gasteiger partial charge >= 0.3 is 5.97 Å². The van der Waals surface area contributed by atoms with E-state index < -0.39 is 5.41 Å². The first-order chi connectivity index (χ1) is 11.4. The minimum atomic E-state index is -0.440. The number of benzene rings is 1. The Kier molecular flexibility index (Phi) is 6.03. The molecular formula is C20H29NO3. The van der Waals surface area contributed by atoms with Crippen molar-refractivity contribution >= 4 is 17.6 Å². The van der Waals surface area contributed by atoms with E-state index in [0.29, 0.717) is 13.0 Å². The van der Waals surface area contributed by atoms with Crippen LogP contribution in [-0.4, -0.2) is 25.0 Å². The van der Waals surface area contributed by atoms with Crippen molar-refractivity contribution in [2.24, 2.45) is 0 Å². The zero-order valence-corrected chi connectivity index (χ0v) is 15.4. The predicted molar refractivity (Wildman–Crippen MR) is 96.3 cm³/mol. The number of hydrogen-bond donors (Lipinski definition) is 0. The molecule has 0 unspecified atom stereocenters. The summed E-state index contributed by atoms with van der Waals surface area (Å²) in [6, 6.07) is 6.15. The fourth-order valence-electron chi connectivity index (χ4n) is 3.59. The van der Waals surface area contributed by atoms with E-state index in [9.17, 15) is 9.59 Å². The number of anilines is 1. The monoisotopic (exact) mass is 331 g/mol. The summed E-state index contributed by atoms with van der Waals surface area (Å²) in [5, 5.41) is 0. The molecule has 0 aromatic heterocycles. The maximum Gasteiger partial charge on any atom is 0.305 e. The standard InChI is InChI=1S/C20H29NO3/c1-5-24-17(22)13-8-6-7-9-14-21-16-12-10-11-15(2)18(16)20(3,4)19(21)23/h10-12H,5-9,13-14H2,1-4H3. The van der Waals surface area contributed by atoms with Gasteiger partial charge in [-0.3, -0.25) is 9.59 Å². The number of fused-ring (bicyclic) bond motifs is 1. The average molecular weight is 331 g/mol. The molecule has 0 N–H and O–H groups in total. The van der Waals surface area contributed by atoms with Crippen LogP contribution in [0.3, 0.4) is 0 Å². The van der Waals surface area contributed by atoms with Gasteiger partial charge in [0.2, 0.25) is 5.91 Å². The van der Waals surface area contributed by atoms with Crippen molar-refractivity contribution in [3.63, 3.8) is 0 Å². The van der Waals surface area contributed by atoms with Gasteiger partial charge in [0.15, 0.2) is 0 Å². The van der Waals surface area contributed by atoms with Crippen LogP contribution in [0.4, 0.5) is 5.69 Å². The van der Waals surface area contributed by atoms with Gasteiger partial charge < -0.3 is 9.64 Å². The van der Waals surface area contributed by atoms with Gasteiger partial charge in [-0.2, -0.15) is 0 Å². The van der Waals surface area contributed by atoms with E-state index in [0.717, 1.165) is 43.5 Å². The Hall–Kier alpha value is -1.84. The molecule has 24 heavy (non-hydrogen) atoms. The Morgan fingerprint density at radius 1 is 1.17 bits per heavy atom. The molecule has 1 aromatic carbocycles. The van der Waals surface area contributed by atoms with Gasteiger partial charge in [0.25, 0.3) is 0 Å². The molecular weight excluding hydrogens is 302 g/mol. The number of rotatable bonds is 8. The van der Waals surface area contributed by atoms with Crippen molar-refractivity contribution in [2.45, 2.75) is 65.2 Å². The molecule has 1 aliphatic heterocycles. The number of esters is 1. The van der Waals surface area contributed by atoms with Crippen molar-refractivity contribution in [1.29, 1.82) is 0 Å². The maximum absolute atomic E-state index is 12.8. The summed E-state index contributed by atoms with van der Waals surface area (Å²) in [5.74, 6) is 0.0803. The van der Waals surface area contributed by atoms with E-state index in [4.69, 9.17) is 4.74 Å². The van der Waals surface area contributed by atoms with Crippen LogP contribution in [0.15, 0.2) is 18.2 Å². The van der Waals surface area contributed by atoms with Crippen molar-refractivity contribution < 1.29 is 14.3 Å². The van der Waals surface area contributed by atoms with Crippen LogP contribution in [0.2, 0.25) is 0 Å². The third-order valence-corrected chi connectivity index (χ3v) is 4.76. The lowest BCUT2D eigenvalue weighted by molar-refractivity contribution is -0.143. The number of aryl methyl sites for hydroxylation is 1. The van der Waals surface area contributed by atoms with Gasteiger partial charge in [-0.1, -0.05) is 25.0 Å². The highest BCUT2D eigenvalue weighted by molar-refractivity contribution is 6.08. The Morgan fingerprint density at radius 2 is 1.88 bits per heavy atom. The molecule has 1 aliphatic rings. The molecule has 0 radical (unpaired) electrons. The molecule has 1 aromatic rings. The lowest BCUT2D eigenvalue weighted by Crippen LogP contribution is -2.36. The number of ether oxygens (including phenoxy) is 1. The zero-order valence-electron chi connectivity index (χ0n) is 15.4. The molecule has 1 amide bonds. The lowest BCUT2D eigenvalue weighted by atomic mass is 9.83. The van der Waals surface area contributed by atoms with E-state index in [1.54, 1.807) is 0 Å². The van der Waals surface area contributed by atoms with Crippen molar-refractivity contribution in [2.75, 3.05) is 18.1 Å². The first kappa shape index (κ1) is 18.5. The summed E-state index contributed by atoms with van der Waals surface area (Å²) >= 11 is 0. The van der Waals surface area contributed by atoms with Crippen LogP contribution in [0.5, 0.6) is 0 Å². The second-order valence-electron chi connectivity index (χ2n) is 7.02. The highest BCUT2D eigenvalue weighted by atomic mass is 16.5. The SMILES string of the molecule is CCOC(=O)CCCCCCN1C(=O)C(C)(C)c2c(C)cccc21. The molecule has 0 saturated heterocycles. The van der Waals surface area contributed by atoms with Gasteiger partial charge in [-0.15, -0.1) is 0 Å². The molecule has 0 saturated carbocycles. The number of carbonyl (C=O) groups excluding carboxylic acids is 2. The van der Waals surface area contributed by atoms with Crippen molar-refractivity contribution in [3.8, 4) is 0 Å². The minimum absolute atomic E-state index is 0.113. The fourth-order valence-corrected chi connectivity index (χ4v) is 3.59. The Balaban J connectivity index is 1.85. The third-order valence-electron chi connectivity index (χ3n) is 4.76. The Morgan fingerprint density at radius 3 is 2.58 bits per heavy atom. The van der Waals surface area contributed by atoms with E-state index in [1.165, 1.54) is 5.56 Å². The summed E-state index contributed by atoms with van der Waals surface area (Å²) in [5.41, 5.74) is 2.97. The quantitative estimate of drug-likeness (QED) is 0.531. The Labute approximate surface area is 145 Å². The summed E-state index contributed by atoms with van der Waals surface area (Å²) < 4.78 is 4.93. The highest BCUT2D eigenvalue weighted by Crippen LogP contribution is 2.43. The topological polar surface area (TPSA) is 46.6 Å². The molecule has 0 bridgehead atoms. The predicted octanol–water partition coefficient (Wildman–Crippen LogP) is 4.13. The number of amides is 1. The average Bonchev–Trinajstić information content (AvgIpc) is 2.72. The van der Waals surface area contributed by atoms with Gasteiger partial charge in [0.05, 0.1) is 12.0 Å². The highest BCUT2D eigenvalue weighted by Gasteiger charge is 2.44. The third kappa shape index (κ3) is 3.80. The number of nitrogens with zero attached hydrogens (tertiary/aromatic N) is 1. The van der Waals surface area contributed by atoms with Crippen molar-refractivity contribution in [1.82, 2.24) is 0 Å². The van der Waals surface area contributed by atoms with Crippen molar-refractivity contribution in [3.05, 3.63) is 29.3 Å². The van der Waals surface area contributed by atoms with E-state index in [2.05, 4.69) is 19.1 Å². The van der Waals surface area contributed by atoms with Gasteiger partial charge in [0, 0.05) is 18.7 Å². The van der Waals surface area contributed by atoms with Crippen LogP contribution in [-0.2, 0) is 19.7 Å². The molecule has 132 valence electrons. The number of hydrogen-bond acceptors (Lipinski definition) is 3. The second kappa shape index (κ2) is 7.82. The van der Waals surface area contributed by atoms with Gasteiger partial charge in [-0.25, -0.2) is 0 Å². The summed E-state index contributed by atoms with van der Waals surface area (Å²) in [7, 11) is 0. The zero-order chi connectivity index (χ0) is 17.7. The maximum atomic E-state index is 12.8. The molecule has 4 heteroatoms. The van der Waals surface area contributed by atoms with Crippen LogP contribution in [0.1, 0.15) is 64.0 Å². The molecule has 0 atom stereocenters. The lowest BCUT2D eigenvalue weighted by Gasteiger charge is -2.20. The molecule has 2 rings (SSSR count). The normalized spacial score (nSPS) is 15.5. The largest absolute Gasteiger partial charge is 0.466 e. The number of carbonyl (C=O) groups is 2. The van der Waals surface area contributed by atoms with Crippen LogP contribution in [0.25, 0.3) is 0 Å². The van der Waals surface area contributed by atoms with E-state index in [1.807, 2.05) is 31.7 Å². The molecule has 0 spiro atoms. The molecule has 0 fully saturated rings. The van der Waals surface area contributed by atoms with E-state index >= 15 is 0 Å². The van der Waals surface area contributed by atoms with E-state index in [-0.39, 0.29) is 11.9 Å². The van der Waals surface area contributed by atoms with Crippen LogP contribution in [0, 0.1) is 6.92 Å². The molecule has 0 aliphatic carbocycles. The molecule has 1 heterocycles.